The average molecular weight is 285 g/mol. The third-order valence-corrected chi connectivity index (χ3v) is 4.11. The molecule has 0 fully saturated rings. The molecular weight excluding hydrogens is 270 g/mol. The summed E-state index contributed by atoms with van der Waals surface area (Å²) in [6, 6.07) is 0. The molecule has 0 spiro atoms. The molecule has 0 aliphatic rings. The van der Waals surface area contributed by atoms with Crippen molar-refractivity contribution < 1.29 is 4.42 Å². The standard InChI is InChI=1S/C10H15N5OS2/c1-10(2,3)7-13-12-6(16-7)5-17-9-15-14-8(11-4)18-9/h5H2,1-4H3,(H,11,14). The van der Waals surface area contributed by atoms with Gasteiger partial charge in [0.25, 0.3) is 0 Å². The first kappa shape index (κ1) is 13.3. The van der Waals surface area contributed by atoms with E-state index >= 15 is 0 Å². The van der Waals surface area contributed by atoms with E-state index in [2.05, 4.69) is 25.7 Å². The number of thioether (sulfide) groups is 1. The van der Waals surface area contributed by atoms with Gasteiger partial charge >= 0.3 is 0 Å². The fraction of sp³-hybridized carbons (Fsp3) is 0.600. The van der Waals surface area contributed by atoms with Crippen LogP contribution in [0.5, 0.6) is 0 Å². The second kappa shape index (κ2) is 5.23. The lowest BCUT2D eigenvalue weighted by Gasteiger charge is -2.10. The molecule has 0 saturated heterocycles. The van der Waals surface area contributed by atoms with Crippen LogP contribution in [0.3, 0.4) is 0 Å². The molecule has 8 heteroatoms. The smallest absolute Gasteiger partial charge is 0.226 e. The fourth-order valence-corrected chi connectivity index (χ4v) is 2.65. The summed E-state index contributed by atoms with van der Waals surface area (Å²) < 4.78 is 6.48. The molecule has 0 atom stereocenters. The lowest BCUT2D eigenvalue weighted by atomic mass is 9.97. The minimum atomic E-state index is -0.113. The van der Waals surface area contributed by atoms with Crippen LogP contribution in [0.15, 0.2) is 8.76 Å². The second-order valence-corrected chi connectivity index (χ2v) is 6.86. The Balaban J connectivity index is 1.96. The lowest BCUT2D eigenvalue weighted by Crippen LogP contribution is -2.11. The first-order valence-corrected chi connectivity index (χ1v) is 7.26. The first-order valence-electron chi connectivity index (χ1n) is 5.46. The highest BCUT2D eigenvalue weighted by Crippen LogP contribution is 2.28. The van der Waals surface area contributed by atoms with Crippen LogP contribution in [0, 0.1) is 0 Å². The Morgan fingerprint density at radius 2 is 2.00 bits per heavy atom. The zero-order chi connectivity index (χ0) is 13.2. The van der Waals surface area contributed by atoms with Crippen molar-refractivity contribution in [1.29, 1.82) is 0 Å². The van der Waals surface area contributed by atoms with E-state index in [9.17, 15) is 0 Å². The summed E-state index contributed by atoms with van der Waals surface area (Å²) in [6.07, 6.45) is 0. The number of anilines is 1. The number of rotatable bonds is 4. The van der Waals surface area contributed by atoms with Crippen LogP contribution in [0.25, 0.3) is 0 Å². The maximum absolute atomic E-state index is 5.60. The molecule has 0 saturated carbocycles. The van der Waals surface area contributed by atoms with Gasteiger partial charge in [0, 0.05) is 12.5 Å². The van der Waals surface area contributed by atoms with E-state index in [1.807, 2.05) is 27.8 Å². The predicted octanol–water partition coefficient (Wildman–Crippen LogP) is 2.55. The Hall–Kier alpha value is -1.15. The molecule has 0 aliphatic heterocycles. The van der Waals surface area contributed by atoms with Crippen LogP contribution in [0.2, 0.25) is 0 Å². The van der Waals surface area contributed by atoms with Crippen molar-refractivity contribution in [2.75, 3.05) is 12.4 Å². The van der Waals surface area contributed by atoms with Crippen LogP contribution < -0.4 is 5.32 Å². The second-order valence-electron chi connectivity index (χ2n) is 4.66. The van der Waals surface area contributed by atoms with Crippen molar-refractivity contribution in [3.05, 3.63) is 11.8 Å². The summed E-state index contributed by atoms with van der Waals surface area (Å²) in [6.45, 7) is 6.13. The molecule has 0 aromatic carbocycles. The Morgan fingerprint density at radius 1 is 1.22 bits per heavy atom. The van der Waals surface area contributed by atoms with Gasteiger partial charge in [-0.1, -0.05) is 43.9 Å². The van der Waals surface area contributed by atoms with Crippen LogP contribution in [0.4, 0.5) is 5.13 Å². The topological polar surface area (TPSA) is 76.7 Å². The van der Waals surface area contributed by atoms with Gasteiger partial charge in [-0.2, -0.15) is 0 Å². The molecule has 0 amide bonds. The van der Waals surface area contributed by atoms with Gasteiger partial charge in [0.15, 0.2) is 4.34 Å². The van der Waals surface area contributed by atoms with E-state index in [0.717, 1.165) is 9.47 Å². The van der Waals surface area contributed by atoms with Gasteiger partial charge in [0.05, 0.1) is 5.75 Å². The van der Waals surface area contributed by atoms with Gasteiger partial charge in [0.1, 0.15) is 0 Å². The monoisotopic (exact) mass is 285 g/mol. The minimum absolute atomic E-state index is 0.113. The SMILES string of the molecule is CNc1nnc(SCc2nnc(C(C)(C)C)o2)s1. The number of hydrogen-bond acceptors (Lipinski definition) is 8. The highest BCUT2D eigenvalue weighted by Gasteiger charge is 2.21. The molecule has 2 aromatic heterocycles. The van der Waals surface area contributed by atoms with Crippen molar-refractivity contribution >= 4 is 28.2 Å². The predicted molar refractivity (Wildman–Crippen MR) is 72.0 cm³/mol. The van der Waals surface area contributed by atoms with Gasteiger partial charge in [-0.05, 0) is 0 Å². The molecule has 2 heterocycles. The molecule has 98 valence electrons. The molecule has 1 N–H and O–H groups in total. The van der Waals surface area contributed by atoms with Crippen molar-refractivity contribution in [1.82, 2.24) is 20.4 Å². The Morgan fingerprint density at radius 3 is 2.56 bits per heavy atom. The average Bonchev–Trinajstić information content (AvgIpc) is 2.94. The number of nitrogens with one attached hydrogen (secondary N) is 1. The van der Waals surface area contributed by atoms with Crippen LogP contribution >= 0.6 is 23.1 Å². The molecule has 18 heavy (non-hydrogen) atoms. The fourth-order valence-electron chi connectivity index (χ4n) is 1.11. The zero-order valence-electron chi connectivity index (χ0n) is 10.7. The maximum atomic E-state index is 5.60. The summed E-state index contributed by atoms with van der Waals surface area (Å²) in [5.41, 5.74) is -0.113. The highest BCUT2D eigenvalue weighted by atomic mass is 32.2. The van der Waals surface area contributed by atoms with Gasteiger partial charge < -0.3 is 9.73 Å². The molecule has 2 aromatic rings. The molecule has 2 rings (SSSR count). The normalized spacial score (nSPS) is 11.8. The third-order valence-electron chi connectivity index (χ3n) is 2.05. The van der Waals surface area contributed by atoms with Gasteiger partial charge in [0.2, 0.25) is 16.9 Å². The molecule has 0 unspecified atom stereocenters. The Bertz CT molecular complexity index is 516. The van der Waals surface area contributed by atoms with Crippen LogP contribution in [0.1, 0.15) is 32.6 Å². The van der Waals surface area contributed by atoms with Gasteiger partial charge in [-0.3, -0.25) is 0 Å². The Kier molecular flexibility index (Phi) is 3.86. The quantitative estimate of drug-likeness (QED) is 0.865. The van der Waals surface area contributed by atoms with Crippen molar-refractivity contribution in [3.8, 4) is 0 Å². The number of hydrogen-bond donors (Lipinski definition) is 1. The Labute approximate surface area is 114 Å². The van der Waals surface area contributed by atoms with Crippen LogP contribution in [-0.2, 0) is 11.2 Å². The van der Waals surface area contributed by atoms with Gasteiger partial charge in [-0.25, -0.2) is 0 Å². The first-order chi connectivity index (χ1) is 8.49. The molecule has 6 nitrogen and oxygen atoms in total. The summed E-state index contributed by atoms with van der Waals surface area (Å²) in [5.74, 6) is 1.89. The number of nitrogens with zero attached hydrogens (tertiary/aromatic N) is 4. The lowest BCUT2D eigenvalue weighted by molar-refractivity contribution is 0.378. The van der Waals surface area contributed by atoms with E-state index in [1.165, 1.54) is 11.3 Å². The molecule has 0 radical (unpaired) electrons. The van der Waals surface area contributed by atoms with E-state index in [4.69, 9.17) is 4.42 Å². The van der Waals surface area contributed by atoms with Crippen molar-refractivity contribution in [2.45, 2.75) is 36.3 Å². The summed E-state index contributed by atoms with van der Waals surface area (Å²) in [4.78, 5) is 0. The zero-order valence-corrected chi connectivity index (χ0v) is 12.4. The van der Waals surface area contributed by atoms with E-state index < -0.39 is 0 Å². The van der Waals surface area contributed by atoms with Crippen LogP contribution in [-0.4, -0.2) is 27.4 Å². The summed E-state index contributed by atoms with van der Waals surface area (Å²) >= 11 is 3.05. The van der Waals surface area contributed by atoms with Crippen molar-refractivity contribution in [3.63, 3.8) is 0 Å². The third kappa shape index (κ3) is 3.20. The maximum Gasteiger partial charge on any atom is 0.226 e. The molecule has 0 aliphatic carbocycles. The minimum Gasteiger partial charge on any atom is -0.424 e. The molecular formula is C10H15N5OS2. The van der Waals surface area contributed by atoms with Crippen molar-refractivity contribution in [2.24, 2.45) is 0 Å². The van der Waals surface area contributed by atoms with E-state index in [0.29, 0.717) is 17.5 Å². The largest absolute Gasteiger partial charge is 0.424 e. The number of aromatic nitrogens is 4. The summed E-state index contributed by atoms with van der Waals surface area (Å²) in [5, 5.41) is 19.8. The van der Waals surface area contributed by atoms with E-state index in [-0.39, 0.29) is 5.41 Å². The van der Waals surface area contributed by atoms with Gasteiger partial charge in [-0.15, -0.1) is 20.4 Å². The van der Waals surface area contributed by atoms with E-state index in [1.54, 1.807) is 11.8 Å². The highest BCUT2D eigenvalue weighted by molar-refractivity contribution is 8.00. The summed E-state index contributed by atoms with van der Waals surface area (Å²) in [7, 11) is 1.82. The molecule has 0 bridgehead atoms.